The Bertz CT molecular complexity index is 326. The quantitative estimate of drug-likeness (QED) is 0.814. The van der Waals surface area contributed by atoms with Crippen molar-refractivity contribution in [3.63, 3.8) is 0 Å². The van der Waals surface area contributed by atoms with E-state index < -0.39 is 0 Å². The molecule has 3 nitrogen and oxygen atoms in total. The highest BCUT2D eigenvalue weighted by Crippen LogP contribution is 2.30. The summed E-state index contributed by atoms with van der Waals surface area (Å²) in [4.78, 5) is 10.4. The van der Waals surface area contributed by atoms with Crippen LogP contribution in [0.5, 0.6) is 0 Å². The minimum Gasteiger partial charge on any atom is -0.381 e. The molecule has 1 amide bonds. The lowest BCUT2D eigenvalue weighted by Gasteiger charge is -2.14. The van der Waals surface area contributed by atoms with E-state index >= 15 is 0 Å². The van der Waals surface area contributed by atoms with Gasteiger partial charge in [0, 0.05) is 10.5 Å². The van der Waals surface area contributed by atoms with Crippen LogP contribution in [-0.2, 0) is 4.79 Å². The van der Waals surface area contributed by atoms with Gasteiger partial charge in [0.25, 0.3) is 0 Å². The SMILES string of the molecule is CC(C)Nc1cccc(Br)c1NC=O. The maximum atomic E-state index is 10.4. The molecule has 0 saturated carbocycles. The molecule has 0 atom stereocenters. The predicted octanol–water partition coefficient (Wildman–Crippen LogP) is 2.84. The first kappa shape index (κ1) is 11.0. The number of anilines is 2. The highest BCUT2D eigenvalue weighted by molar-refractivity contribution is 9.10. The lowest BCUT2D eigenvalue weighted by molar-refractivity contribution is -0.105. The maximum Gasteiger partial charge on any atom is 0.211 e. The fourth-order valence-electron chi connectivity index (χ4n) is 1.16. The van der Waals surface area contributed by atoms with Crippen LogP contribution in [0.25, 0.3) is 0 Å². The van der Waals surface area contributed by atoms with Gasteiger partial charge in [0.2, 0.25) is 6.41 Å². The number of nitrogens with one attached hydrogen (secondary N) is 2. The van der Waals surface area contributed by atoms with E-state index in [-0.39, 0.29) is 0 Å². The number of benzene rings is 1. The van der Waals surface area contributed by atoms with Crippen molar-refractivity contribution >= 4 is 33.7 Å². The van der Waals surface area contributed by atoms with Crippen molar-refractivity contribution in [2.24, 2.45) is 0 Å². The van der Waals surface area contributed by atoms with E-state index in [0.717, 1.165) is 15.8 Å². The van der Waals surface area contributed by atoms with Crippen LogP contribution < -0.4 is 10.6 Å². The summed E-state index contributed by atoms with van der Waals surface area (Å²) in [6.45, 7) is 4.09. The Kier molecular flexibility index (Phi) is 3.95. The van der Waals surface area contributed by atoms with E-state index in [9.17, 15) is 4.79 Å². The summed E-state index contributed by atoms with van der Waals surface area (Å²) in [5.74, 6) is 0. The van der Waals surface area contributed by atoms with Gasteiger partial charge in [-0.3, -0.25) is 4.79 Å². The molecule has 1 aromatic carbocycles. The molecular formula is C10H13BrN2O. The molecule has 0 fully saturated rings. The molecule has 0 heterocycles. The zero-order valence-corrected chi connectivity index (χ0v) is 9.76. The number of rotatable bonds is 4. The normalized spacial score (nSPS) is 10.0. The lowest BCUT2D eigenvalue weighted by atomic mass is 10.2. The summed E-state index contributed by atoms with van der Waals surface area (Å²) in [6.07, 6.45) is 0.672. The highest BCUT2D eigenvalue weighted by Gasteiger charge is 2.05. The molecule has 0 saturated heterocycles. The van der Waals surface area contributed by atoms with Gasteiger partial charge in [-0.2, -0.15) is 0 Å². The van der Waals surface area contributed by atoms with Gasteiger partial charge in [-0.15, -0.1) is 0 Å². The van der Waals surface area contributed by atoms with Crippen molar-refractivity contribution < 1.29 is 4.79 Å². The third-order valence-electron chi connectivity index (χ3n) is 1.66. The number of hydrogen-bond acceptors (Lipinski definition) is 2. The summed E-state index contributed by atoms with van der Waals surface area (Å²) in [5, 5.41) is 5.91. The monoisotopic (exact) mass is 256 g/mol. The van der Waals surface area contributed by atoms with Crippen molar-refractivity contribution in [1.82, 2.24) is 0 Å². The Balaban J connectivity index is 3.00. The van der Waals surface area contributed by atoms with Crippen LogP contribution in [0.4, 0.5) is 11.4 Å². The fourth-order valence-corrected chi connectivity index (χ4v) is 1.64. The second-order valence-corrected chi connectivity index (χ2v) is 4.08. The first-order valence-electron chi connectivity index (χ1n) is 4.40. The Hall–Kier alpha value is -1.03. The van der Waals surface area contributed by atoms with Gasteiger partial charge < -0.3 is 10.6 Å². The molecule has 1 aromatic rings. The minimum atomic E-state index is 0.330. The summed E-state index contributed by atoms with van der Waals surface area (Å²) in [5.41, 5.74) is 1.69. The molecule has 0 aromatic heterocycles. The predicted molar refractivity (Wildman–Crippen MR) is 62.6 cm³/mol. The minimum absolute atomic E-state index is 0.330. The Morgan fingerprint density at radius 2 is 2.14 bits per heavy atom. The van der Waals surface area contributed by atoms with E-state index in [1.54, 1.807) is 0 Å². The van der Waals surface area contributed by atoms with E-state index in [0.29, 0.717) is 12.5 Å². The van der Waals surface area contributed by atoms with Crippen LogP contribution in [0.2, 0.25) is 0 Å². The molecule has 1 rings (SSSR count). The molecule has 0 radical (unpaired) electrons. The smallest absolute Gasteiger partial charge is 0.211 e. The van der Waals surface area contributed by atoms with Crippen molar-refractivity contribution in [3.8, 4) is 0 Å². The van der Waals surface area contributed by atoms with Gasteiger partial charge in [0.05, 0.1) is 11.4 Å². The molecular weight excluding hydrogens is 244 g/mol. The molecule has 0 aliphatic carbocycles. The maximum absolute atomic E-state index is 10.4. The van der Waals surface area contributed by atoms with E-state index in [1.807, 2.05) is 32.0 Å². The average molecular weight is 257 g/mol. The van der Waals surface area contributed by atoms with E-state index in [2.05, 4.69) is 26.6 Å². The van der Waals surface area contributed by atoms with Crippen LogP contribution in [-0.4, -0.2) is 12.5 Å². The van der Waals surface area contributed by atoms with Crippen LogP contribution in [0, 0.1) is 0 Å². The zero-order valence-electron chi connectivity index (χ0n) is 8.17. The van der Waals surface area contributed by atoms with Crippen LogP contribution in [0.15, 0.2) is 22.7 Å². The van der Waals surface area contributed by atoms with Crippen LogP contribution >= 0.6 is 15.9 Å². The summed E-state index contributed by atoms with van der Waals surface area (Å²) >= 11 is 3.38. The molecule has 0 spiro atoms. The Morgan fingerprint density at radius 1 is 1.43 bits per heavy atom. The fraction of sp³-hybridized carbons (Fsp3) is 0.300. The van der Waals surface area contributed by atoms with Crippen molar-refractivity contribution in [3.05, 3.63) is 22.7 Å². The van der Waals surface area contributed by atoms with Gasteiger partial charge in [0.15, 0.2) is 0 Å². The first-order valence-corrected chi connectivity index (χ1v) is 5.19. The molecule has 14 heavy (non-hydrogen) atoms. The molecule has 4 heteroatoms. The lowest BCUT2D eigenvalue weighted by Crippen LogP contribution is -2.11. The van der Waals surface area contributed by atoms with Gasteiger partial charge in [0.1, 0.15) is 0 Å². The number of halogens is 1. The van der Waals surface area contributed by atoms with E-state index in [1.165, 1.54) is 0 Å². The van der Waals surface area contributed by atoms with E-state index in [4.69, 9.17) is 0 Å². The topological polar surface area (TPSA) is 41.1 Å². The van der Waals surface area contributed by atoms with Crippen molar-refractivity contribution in [1.29, 1.82) is 0 Å². The summed E-state index contributed by atoms with van der Waals surface area (Å²) < 4.78 is 0.871. The van der Waals surface area contributed by atoms with Crippen molar-refractivity contribution in [2.75, 3.05) is 10.6 Å². The van der Waals surface area contributed by atoms with Gasteiger partial charge in [-0.1, -0.05) is 6.07 Å². The number of amides is 1. The zero-order chi connectivity index (χ0) is 10.6. The number of carbonyl (C=O) groups excluding carboxylic acids is 1. The van der Waals surface area contributed by atoms with Gasteiger partial charge in [-0.25, -0.2) is 0 Å². The van der Waals surface area contributed by atoms with Gasteiger partial charge in [-0.05, 0) is 41.9 Å². The Labute approximate surface area is 92.0 Å². The summed E-state index contributed by atoms with van der Waals surface area (Å²) in [6, 6.07) is 6.06. The van der Waals surface area contributed by atoms with Crippen molar-refractivity contribution in [2.45, 2.75) is 19.9 Å². The molecule has 0 aliphatic rings. The third kappa shape index (κ3) is 2.73. The largest absolute Gasteiger partial charge is 0.381 e. The third-order valence-corrected chi connectivity index (χ3v) is 2.32. The standard InChI is InChI=1S/C10H13BrN2O/c1-7(2)13-9-5-3-4-8(11)10(9)12-6-14/h3-7,13H,1-2H3,(H,12,14). The highest BCUT2D eigenvalue weighted by atomic mass is 79.9. The van der Waals surface area contributed by atoms with Crippen LogP contribution in [0.3, 0.4) is 0 Å². The molecule has 0 unspecified atom stereocenters. The number of para-hydroxylation sites is 1. The van der Waals surface area contributed by atoms with Crippen LogP contribution in [0.1, 0.15) is 13.8 Å². The first-order chi connectivity index (χ1) is 6.65. The summed E-state index contributed by atoms with van der Waals surface area (Å²) in [7, 11) is 0. The molecule has 76 valence electrons. The number of hydrogen-bond donors (Lipinski definition) is 2. The van der Waals surface area contributed by atoms with Gasteiger partial charge >= 0.3 is 0 Å². The Morgan fingerprint density at radius 3 is 2.71 bits per heavy atom. The molecule has 2 N–H and O–H groups in total. The molecule has 0 bridgehead atoms. The molecule has 0 aliphatic heterocycles. The second-order valence-electron chi connectivity index (χ2n) is 3.22. The average Bonchev–Trinajstić information content (AvgIpc) is 2.10. The second kappa shape index (κ2) is 5.00. The number of carbonyl (C=O) groups is 1.